The minimum Gasteiger partial charge on any atom is -0.497 e. The third-order valence-electron chi connectivity index (χ3n) is 4.91. The van der Waals surface area contributed by atoms with Crippen LogP contribution in [0, 0.1) is 0 Å². The maximum Gasteiger partial charge on any atom is 0.326 e. The van der Waals surface area contributed by atoms with Gasteiger partial charge in [0.05, 0.1) is 13.7 Å². The molecule has 0 aromatic heterocycles. The van der Waals surface area contributed by atoms with Gasteiger partial charge in [-0.3, -0.25) is 14.5 Å². The highest BCUT2D eigenvalue weighted by atomic mass is 16.5. The van der Waals surface area contributed by atoms with Gasteiger partial charge in [-0.1, -0.05) is 0 Å². The predicted molar refractivity (Wildman–Crippen MR) is 86.3 cm³/mol. The summed E-state index contributed by atoms with van der Waals surface area (Å²) >= 11 is 0. The molecule has 7 heteroatoms. The van der Waals surface area contributed by atoms with Gasteiger partial charge in [0.25, 0.3) is 5.91 Å². The van der Waals surface area contributed by atoms with E-state index in [1.54, 1.807) is 36.3 Å². The van der Waals surface area contributed by atoms with Crippen LogP contribution in [0.4, 0.5) is 0 Å². The van der Waals surface area contributed by atoms with Crippen LogP contribution >= 0.6 is 0 Å². The van der Waals surface area contributed by atoms with Gasteiger partial charge in [0.2, 0.25) is 0 Å². The number of piperazine rings is 1. The Bertz CT molecular complexity index is 602. The van der Waals surface area contributed by atoms with E-state index in [-0.39, 0.29) is 12.5 Å². The van der Waals surface area contributed by atoms with Crippen molar-refractivity contribution in [2.24, 2.45) is 0 Å². The van der Waals surface area contributed by atoms with Crippen LogP contribution in [-0.2, 0) is 9.53 Å². The zero-order chi connectivity index (χ0) is 17.2. The van der Waals surface area contributed by atoms with Crippen LogP contribution in [0.25, 0.3) is 0 Å². The summed E-state index contributed by atoms with van der Waals surface area (Å²) in [6, 6.07) is 7.02. The molecule has 1 amide bonds. The van der Waals surface area contributed by atoms with E-state index in [4.69, 9.17) is 9.47 Å². The average Bonchev–Trinajstić information content (AvgIpc) is 3.12. The third-order valence-corrected chi connectivity index (χ3v) is 4.91. The van der Waals surface area contributed by atoms with Gasteiger partial charge in [-0.2, -0.15) is 0 Å². The number of amides is 1. The Morgan fingerprint density at radius 2 is 1.83 bits per heavy atom. The topological polar surface area (TPSA) is 79.3 Å². The smallest absolute Gasteiger partial charge is 0.326 e. The first-order valence-electron chi connectivity index (χ1n) is 8.06. The molecule has 1 unspecified atom stereocenters. The van der Waals surface area contributed by atoms with E-state index in [2.05, 4.69) is 0 Å². The molecule has 2 saturated heterocycles. The van der Waals surface area contributed by atoms with Crippen LogP contribution in [0.3, 0.4) is 0 Å². The fourth-order valence-corrected chi connectivity index (χ4v) is 3.36. The zero-order valence-corrected chi connectivity index (χ0v) is 13.7. The van der Waals surface area contributed by atoms with Gasteiger partial charge in [-0.05, 0) is 24.3 Å². The zero-order valence-electron chi connectivity index (χ0n) is 13.7. The van der Waals surface area contributed by atoms with E-state index < -0.39 is 11.5 Å². The summed E-state index contributed by atoms with van der Waals surface area (Å²) < 4.78 is 10.4. The Labute approximate surface area is 140 Å². The number of hydrogen-bond donors (Lipinski definition) is 1. The van der Waals surface area contributed by atoms with Crippen molar-refractivity contribution >= 4 is 11.9 Å². The van der Waals surface area contributed by atoms with Crippen molar-refractivity contribution in [3.63, 3.8) is 0 Å². The van der Waals surface area contributed by atoms with Crippen molar-refractivity contribution in [2.75, 3.05) is 46.5 Å². The number of rotatable bonds is 4. The number of nitrogens with zero attached hydrogens (tertiary/aromatic N) is 2. The number of ether oxygens (including phenoxy) is 2. The SMILES string of the molecule is COc1ccc(C(=O)N2CCN(C3(C(=O)O)CCOC3)CC2)cc1. The molecule has 0 bridgehead atoms. The van der Waals surface area contributed by atoms with Crippen molar-refractivity contribution in [3.05, 3.63) is 29.8 Å². The number of carboxylic acid groups (broad SMARTS) is 1. The third kappa shape index (κ3) is 2.97. The average molecular weight is 334 g/mol. The first-order valence-corrected chi connectivity index (χ1v) is 8.06. The Morgan fingerprint density at radius 3 is 2.33 bits per heavy atom. The Hall–Kier alpha value is -2.12. The van der Waals surface area contributed by atoms with Crippen LogP contribution in [0.15, 0.2) is 24.3 Å². The summed E-state index contributed by atoms with van der Waals surface area (Å²) in [6.07, 6.45) is 0.495. The van der Waals surface area contributed by atoms with Crippen LogP contribution in [-0.4, -0.2) is 78.8 Å². The number of carbonyl (C=O) groups is 2. The van der Waals surface area contributed by atoms with E-state index in [0.29, 0.717) is 50.5 Å². The molecule has 24 heavy (non-hydrogen) atoms. The van der Waals surface area contributed by atoms with E-state index in [0.717, 1.165) is 0 Å². The lowest BCUT2D eigenvalue weighted by Crippen LogP contribution is -2.61. The summed E-state index contributed by atoms with van der Waals surface area (Å²) in [6.45, 7) is 2.79. The Morgan fingerprint density at radius 1 is 1.17 bits per heavy atom. The van der Waals surface area contributed by atoms with Gasteiger partial charge in [0.15, 0.2) is 0 Å². The number of benzene rings is 1. The molecule has 7 nitrogen and oxygen atoms in total. The molecule has 2 heterocycles. The molecule has 2 aliphatic heterocycles. The molecule has 2 fully saturated rings. The molecule has 3 rings (SSSR count). The molecule has 1 atom stereocenters. The minimum absolute atomic E-state index is 0.0376. The fraction of sp³-hybridized carbons (Fsp3) is 0.529. The van der Waals surface area contributed by atoms with Gasteiger partial charge < -0.3 is 19.5 Å². The first-order chi connectivity index (χ1) is 11.6. The van der Waals surface area contributed by atoms with E-state index in [1.165, 1.54) is 0 Å². The second kappa shape index (κ2) is 6.78. The second-order valence-corrected chi connectivity index (χ2v) is 6.15. The molecular formula is C17H22N2O5. The van der Waals surface area contributed by atoms with Crippen molar-refractivity contribution in [1.29, 1.82) is 0 Å². The van der Waals surface area contributed by atoms with Crippen LogP contribution < -0.4 is 4.74 Å². The van der Waals surface area contributed by atoms with Gasteiger partial charge in [-0.25, -0.2) is 0 Å². The largest absolute Gasteiger partial charge is 0.497 e. The number of aliphatic carboxylic acids is 1. The lowest BCUT2D eigenvalue weighted by molar-refractivity contribution is -0.152. The molecule has 0 aliphatic carbocycles. The fourth-order valence-electron chi connectivity index (χ4n) is 3.36. The molecule has 1 N–H and O–H groups in total. The van der Waals surface area contributed by atoms with Crippen LogP contribution in [0.1, 0.15) is 16.8 Å². The lowest BCUT2D eigenvalue weighted by Gasteiger charge is -2.42. The quantitative estimate of drug-likeness (QED) is 0.873. The summed E-state index contributed by atoms with van der Waals surface area (Å²) in [5.41, 5.74) is -0.323. The Balaban J connectivity index is 1.64. The molecule has 2 aliphatic rings. The number of carboxylic acids is 1. The predicted octanol–water partition coefficient (Wildman–Crippen LogP) is 0.697. The van der Waals surface area contributed by atoms with E-state index in [1.807, 2.05) is 4.90 Å². The molecule has 1 aromatic carbocycles. The maximum atomic E-state index is 12.6. The first kappa shape index (κ1) is 16.7. The van der Waals surface area contributed by atoms with Crippen LogP contribution in [0.2, 0.25) is 0 Å². The minimum atomic E-state index is -0.935. The number of hydrogen-bond acceptors (Lipinski definition) is 5. The summed E-state index contributed by atoms with van der Waals surface area (Å²) in [5, 5.41) is 9.60. The Kier molecular flexibility index (Phi) is 4.73. The van der Waals surface area contributed by atoms with E-state index in [9.17, 15) is 14.7 Å². The van der Waals surface area contributed by atoms with Crippen LogP contribution in [0.5, 0.6) is 5.75 Å². The van der Waals surface area contributed by atoms with E-state index >= 15 is 0 Å². The molecule has 1 aromatic rings. The molecule has 0 spiro atoms. The van der Waals surface area contributed by atoms with Crippen molar-refractivity contribution in [3.8, 4) is 5.75 Å². The van der Waals surface area contributed by atoms with Crippen molar-refractivity contribution in [1.82, 2.24) is 9.80 Å². The highest BCUT2D eigenvalue weighted by Crippen LogP contribution is 2.28. The monoisotopic (exact) mass is 334 g/mol. The number of methoxy groups -OCH3 is 1. The van der Waals surface area contributed by atoms with Crippen molar-refractivity contribution in [2.45, 2.75) is 12.0 Å². The summed E-state index contributed by atoms with van der Waals surface area (Å²) in [4.78, 5) is 28.0. The van der Waals surface area contributed by atoms with Gasteiger partial charge in [-0.15, -0.1) is 0 Å². The van der Waals surface area contributed by atoms with Gasteiger partial charge >= 0.3 is 5.97 Å². The maximum absolute atomic E-state index is 12.6. The normalized spacial score (nSPS) is 24.8. The highest BCUT2D eigenvalue weighted by molar-refractivity contribution is 5.94. The summed E-state index contributed by atoms with van der Waals surface area (Å²) in [5.74, 6) is -0.166. The number of carbonyl (C=O) groups excluding carboxylic acids is 1. The van der Waals surface area contributed by atoms with Gasteiger partial charge in [0, 0.05) is 44.8 Å². The molecule has 130 valence electrons. The molecular weight excluding hydrogens is 312 g/mol. The highest BCUT2D eigenvalue weighted by Gasteiger charge is 2.48. The molecule has 0 radical (unpaired) electrons. The van der Waals surface area contributed by atoms with Crippen molar-refractivity contribution < 1.29 is 24.2 Å². The van der Waals surface area contributed by atoms with Gasteiger partial charge in [0.1, 0.15) is 11.3 Å². The second-order valence-electron chi connectivity index (χ2n) is 6.15. The molecule has 0 saturated carbocycles. The standard InChI is InChI=1S/C17H22N2O5/c1-23-14-4-2-13(3-5-14)15(20)18-7-9-19(10-8-18)17(16(21)22)6-11-24-12-17/h2-5H,6-12H2,1H3,(H,21,22). The summed E-state index contributed by atoms with van der Waals surface area (Å²) in [7, 11) is 1.58. The lowest BCUT2D eigenvalue weighted by atomic mass is 9.95.